The average Bonchev–Trinajstić information content (AvgIpc) is 2.94. The molecule has 2 amide bonds. The molecule has 4 nitrogen and oxygen atoms in total. The maximum Gasteiger partial charge on any atom is 0.282 e. The van der Waals surface area contributed by atoms with Gasteiger partial charge in [-0.25, -0.2) is 4.90 Å². The second-order valence-corrected chi connectivity index (χ2v) is 7.96. The number of carbonyl (C=O) groups excluding carboxylic acids is 2. The van der Waals surface area contributed by atoms with Crippen LogP contribution in [0.15, 0.2) is 76.2 Å². The van der Waals surface area contributed by atoms with Gasteiger partial charge in [-0.2, -0.15) is 0 Å². The van der Waals surface area contributed by atoms with Crippen LogP contribution in [0, 0.1) is 0 Å². The van der Waals surface area contributed by atoms with E-state index in [4.69, 9.17) is 0 Å². The Morgan fingerprint density at radius 2 is 1.44 bits per heavy atom. The van der Waals surface area contributed by atoms with Crippen LogP contribution in [0.25, 0.3) is 0 Å². The number of imide groups is 1. The van der Waals surface area contributed by atoms with Crippen LogP contribution in [0.3, 0.4) is 0 Å². The van der Waals surface area contributed by atoms with E-state index in [0.29, 0.717) is 16.3 Å². The van der Waals surface area contributed by atoms with Crippen molar-refractivity contribution in [3.8, 4) is 0 Å². The number of hydrogen-bond acceptors (Lipinski definition) is 4. The lowest BCUT2D eigenvalue weighted by Gasteiger charge is -2.24. The van der Waals surface area contributed by atoms with Gasteiger partial charge in [-0.15, -0.1) is 0 Å². The molecule has 0 bridgehead atoms. The fraction of sp³-hybridized carbons (Fsp3) is 0.273. The van der Waals surface area contributed by atoms with E-state index >= 15 is 0 Å². The van der Waals surface area contributed by atoms with Crippen LogP contribution >= 0.6 is 11.8 Å². The minimum atomic E-state index is -0.254. The third kappa shape index (κ3) is 3.78. The normalized spacial score (nSPS) is 18.3. The Morgan fingerprint density at radius 1 is 0.815 bits per heavy atom. The lowest BCUT2D eigenvalue weighted by Crippen LogP contribution is -2.37. The SMILES string of the molecule is O=C1C(NC2CCCCC2)=C(Sc2ccccc2)C(=O)N1c1ccccc1. The van der Waals surface area contributed by atoms with Crippen molar-refractivity contribution in [1.82, 2.24) is 5.32 Å². The number of thioether (sulfide) groups is 1. The molecule has 1 N–H and O–H groups in total. The predicted octanol–water partition coefficient (Wildman–Crippen LogP) is 4.49. The molecule has 138 valence electrons. The van der Waals surface area contributed by atoms with E-state index in [1.807, 2.05) is 48.5 Å². The molecule has 1 aliphatic heterocycles. The van der Waals surface area contributed by atoms with Crippen LogP contribution in [0.5, 0.6) is 0 Å². The van der Waals surface area contributed by atoms with Crippen LogP contribution in [0.1, 0.15) is 32.1 Å². The fourth-order valence-electron chi connectivity index (χ4n) is 3.60. The van der Waals surface area contributed by atoms with Crippen LogP contribution in [-0.4, -0.2) is 17.9 Å². The standard InChI is InChI=1S/C22H22N2O2S/c25-21-19(23-16-10-4-1-5-11-16)20(27-18-14-8-3-9-15-18)22(26)24(21)17-12-6-2-7-13-17/h2-3,6-9,12-16,23H,1,4-5,10-11H2. The van der Waals surface area contributed by atoms with Gasteiger partial charge in [0.2, 0.25) is 0 Å². The number of anilines is 1. The summed E-state index contributed by atoms with van der Waals surface area (Å²) in [6, 6.07) is 19.1. The fourth-order valence-corrected chi connectivity index (χ4v) is 4.56. The van der Waals surface area contributed by atoms with Crippen molar-refractivity contribution in [3.63, 3.8) is 0 Å². The van der Waals surface area contributed by atoms with Gasteiger partial charge >= 0.3 is 0 Å². The summed E-state index contributed by atoms with van der Waals surface area (Å²) in [7, 11) is 0. The molecule has 1 aliphatic carbocycles. The molecule has 1 heterocycles. The second-order valence-electron chi connectivity index (χ2n) is 6.88. The van der Waals surface area contributed by atoms with Crippen molar-refractivity contribution in [2.75, 3.05) is 4.90 Å². The van der Waals surface area contributed by atoms with Crippen molar-refractivity contribution in [2.45, 2.75) is 43.0 Å². The van der Waals surface area contributed by atoms with Crippen molar-refractivity contribution in [3.05, 3.63) is 71.3 Å². The first-order valence-electron chi connectivity index (χ1n) is 9.41. The van der Waals surface area contributed by atoms with E-state index in [2.05, 4.69) is 5.32 Å². The predicted molar refractivity (Wildman–Crippen MR) is 108 cm³/mol. The highest BCUT2D eigenvalue weighted by Gasteiger charge is 2.40. The molecule has 2 aromatic carbocycles. The Hall–Kier alpha value is -2.53. The van der Waals surface area contributed by atoms with E-state index in [-0.39, 0.29) is 17.9 Å². The molecule has 1 fully saturated rings. The zero-order valence-electron chi connectivity index (χ0n) is 15.1. The molecule has 1 saturated carbocycles. The molecule has 0 spiro atoms. The molecule has 2 aromatic rings. The summed E-state index contributed by atoms with van der Waals surface area (Å²) >= 11 is 1.36. The van der Waals surface area contributed by atoms with Crippen molar-refractivity contribution in [2.24, 2.45) is 0 Å². The van der Waals surface area contributed by atoms with Gasteiger partial charge in [0.05, 0.1) is 5.69 Å². The van der Waals surface area contributed by atoms with E-state index in [9.17, 15) is 9.59 Å². The number of benzene rings is 2. The first-order valence-corrected chi connectivity index (χ1v) is 10.2. The number of amides is 2. The third-order valence-corrected chi connectivity index (χ3v) is 6.06. The van der Waals surface area contributed by atoms with Gasteiger partial charge in [0.25, 0.3) is 11.8 Å². The Labute approximate surface area is 163 Å². The van der Waals surface area contributed by atoms with E-state index < -0.39 is 0 Å². The zero-order chi connectivity index (χ0) is 18.6. The van der Waals surface area contributed by atoms with Crippen LogP contribution in [0.2, 0.25) is 0 Å². The topological polar surface area (TPSA) is 49.4 Å². The number of rotatable bonds is 5. The maximum absolute atomic E-state index is 13.2. The maximum atomic E-state index is 13.2. The number of nitrogens with one attached hydrogen (secondary N) is 1. The Kier molecular flexibility index (Phi) is 5.30. The number of carbonyl (C=O) groups is 2. The van der Waals surface area contributed by atoms with Gasteiger partial charge in [-0.3, -0.25) is 9.59 Å². The highest BCUT2D eigenvalue weighted by molar-refractivity contribution is 8.04. The monoisotopic (exact) mass is 378 g/mol. The Balaban J connectivity index is 1.67. The van der Waals surface area contributed by atoms with E-state index in [1.165, 1.54) is 23.1 Å². The van der Waals surface area contributed by atoms with Crippen LogP contribution in [-0.2, 0) is 9.59 Å². The molecule has 0 atom stereocenters. The van der Waals surface area contributed by atoms with Gasteiger partial charge in [-0.1, -0.05) is 67.4 Å². The van der Waals surface area contributed by atoms with Crippen LogP contribution < -0.4 is 10.2 Å². The van der Waals surface area contributed by atoms with Gasteiger partial charge in [0.1, 0.15) is 10.6 Å². The first-order chi connectivity index (χ1) is 13.2. The second kappa shape index (κ2) is 8.01. The Bertz CT molecular complexity index is 858. The first kappa shape index (κ1) is 17.9. The molecular weight excluding hydrogens is 356 g/mol. The van der Waals surface area contributed by atoms with Crippen LogP contribution in [0.4, 0.5) is 5.69 Å². The highest BCUT2D eigenvalue weighted by atomic mass is 32.2. The minimum absolute atomic E-state index is 0.252. The zero-order valence-corrected chi connectivity index (χ0v) is 15.9. The van der Waals surface area contributed by atoms with Crippen molar-refractivity contribution < 1.29 is 9.59 Å². The summed E-state index contributed by atoms with van der Waals surface area (Å²) in [6.07, 6.45) is 5.65. The lowest BCUT2D eigenvalue weighted by molar-refractivity contribution is -0.120. The highest BCUT2D eigenvalue weighted by Crippen LogP contribution is 2.37. The molecule has 5 heteroatoms. The quantitative estimate of drug-likeness (QED) is 0.779. The summed E-state index contributed by atoms with van der Waals surface area (Å²) in [6.45, 7) is 0. The molecule has 0 saturated heterocycles. The summed E-state index contributed by atoms with van der Waals surface area (Å²) in [4.78, 5) is 29.0. The number of hydrogen-bond donors (Lipinski definition) is 1. The molecule has 27 heavy (non-hydrogen) atoms. The molecule has 0 aromatic heterocycles. The van der Waals surface area contributed by atoms with Crippen molar-refractivity contribution in [1.29, 1.82) is 0 Å². The molecular formula is C22H22N2O2S. The summed E-state index contributed by atoms with van der Waals surface area (Å²) in [5.41, 5.74) is 1.06. The van der Waals surface area contributed by atoms with Crippen molar-refractivity contribution >= 4 is 29.3 Å². The largest absolute Gasteiger partial charge is 0.377 e. The molecule has 0 radical (unpaired) electrons. The molecule has 0 unspecified atom stereocenters. The van der Waals surface area contributed by atoms with Gasteiger partial charge in [-0.05, 0) is 37.1 Å². The summed E-state index contributed by atoms with van der Waals surface area (Å²) in [5.74, 6) is -0.506. The third-order valence-electron chi connectivity index (χ3n) is 4.97. The van der Waals surface area contributed by atoms with Gasteiger partial charge < -0.3 is 5.32 Å². The van der Waals surface area contributed by atoms with E-state index in [0.717, 1.165) is 30.6 Å². The summed E-state index contributed by atoms with van der Waals surface area (Å²) in [5, 5.41) is 3.41. The smallest absolute Gasteiger partial charge is 0.282 e. The summed E-state index contributed by atoms with van der Waals surface area (Å²) < 4.78 is 0. The molecule has 2 aliphatic rings. The van der Waals surface area contributed by atoms with E-state index in [1.54, 1.807) is 12.1 Å². The molecule has 4 rings (SSSR count). The van der Waals surface area contributed by atoms with Gasteiger partial charge in [0.15, 0.2) is 0 Å². The Morgan fingerprint density at radius 3 is 2.11 bits per heavy atom. The minimum Gasteiger partial charge on any atom is -0.377 e. The number of para-hydroxylation sites is 1. The lowest BCUT2D eigenvalue weighted by atomic mass is 9.95. The average molecular weight is 378 g/mol. The van der Waals surface area contributed by atoms with Gasteiger partial charge in [0, 0.05) is 10.9 Å². The number of nitrogens with zero attached hydrogens (tertiary/aromatic N) is 1.